The highest BCUT2D eigenvalue weighted by Crippen LogP contribution is 2.11. The van der Waals surface area contributed by atoms with Crippen molar-refractivity contribution in [1.82, 2.24) is 5.16 Å². The Kier molecular flexibility index (Phi) is 3.44. The van der Waals surface area contributed by atoms with Gasteiger partial charge >= 0.3 is 5.97 Å². The standard InChI is InChI=1S/C10H12N2O4/c1-5-4-8(16-12-5)11-9(13)6(2)7(3)10(14)15/h4H,1-3H3,(H,11,13)(H,14,15). The first-order chi connectivity index (χ1) is 7.41. The van der Waals surface area contributed by atoms with Crippen molar-refractivity contribution < 1.29 is 19.2 Å². The summed E-state index contributed by atoms with van der Waals surface area (Å²) < 4.78 is 4.77. The summed E-state index contributed by atoms with van der Waals surface area (Å²) in [5.74, 6) is -1.45. The Hall–Kier alpha value is -2.11. The third-order valence-corrected chi connectivity index (χ3v) is 2.09. The Labute approximate surface area is 91.9 Å². The molecule has 0 unspecified atom stereocenters. The molecule has 0 spiro atoms. The number of amides is 1. The number of hydrogen-bond donors (Lipinski definition) is 2. The van der Waals surface area contributed by atoms with Crippen LogP contribution in [0.2, 0.25) is 0 Å². The number of aliphatic carboxylic acids is 1. The molecule has 1 aromatic rings. The lowest BCUT2D eigenvalue weighted by Gasteiger charge is -2.03. The zero-order valence-electron chi connectivity index (χ0n) is 9.20. The molecule has 0 atom stereocenters. The van der Waals surface area contributed by atoms with Gasteiger partial charge in [-0.3, -0.25) is 10.1 Å². The number of carbonyl (C=O) groups excluding carboxylic acids is 1. The Morgan fingerprint density at radius 2 is 2.00 bits per heavy atom. The van der Waals surface area contributed by atoms with Gasteiger partial charge < -0.3 is 9.63 Å². The number of nitrogens with zero attached hydrogens (tertiary/aromatic N) is 1. The van der Waals surface area contributed by atoms with Gasteiger partial charge in [-0.25, -0.2) is 4.79 Å². The van der Waals surface area contributed by atoms with Crippen LogP contribution in [0.4, 0.5) is 5.88 Å². The lowest BCUT2D eigenvalue weighted by molar-refractivity contribution is -0.133. The Morgan fingerprint density at radius 3 is 2.44 bits per heavy atom. The van der Waals surface area contributed by atoms with Crippen LogP contribution in [0.5, 0.6) is 0 Å². The van der Waals surface area contributed by atoms with Gasteiger partial charge in [-0.2, -0.15) is 0 Å². The lowest BCUT2D eigenvalue weighted by atomic mass is 10.1. The number of carboxylic acids is 1. The van der Waals surface area contributed by atoms with Gasteiger partial charge in [-0.1, -0.05) is 5.16 Å². The van der Waals surface area contributed by atoms with Crippen LogP contribution in [-0.2, 0) is 9.59 Å². The minimum Gasteiger partial charge on any atom is -0.478 e. The Morgan fingerprint density at radius 1 is 1.38 bits per heavy atom. The predicted octanol–water partition coefficient (Wildman–Crippen LogP) is 1.34. The van der Waals surface area contributed by atoms with E-state index < -0.39 is 11.9 Å². The van der Waals surface area contributed by atoms with Gasteiger partial charge in [0.2, 0.25) is 5.88 Å². The monoisotopic (exact) mass is 224 g/mol. The van der Waals surface area contributed by atoms with Gasteiger partial charge in [-0.05, 0) is 20.8 Å². The maximum atomic E-state index is 11.5. The maximum Gasteiger partial charge on any atom is 0.331 e. The maximum absolute atomic E-state index is 11.5. The highest BCUT2D eigenvalue weighted by molar-refractivity contribution is 6.07. The van der Waals surface area contributed by atoms with Gasteiger partial charge in [0.25, 0.3) is 5.91 Å². The van der Waals surface area contributed by atoms with E-state index in [1.807, 2.05) is 0 Å². The smallest absolute Gasteiger partial charge is 0.331 e. The molecule has 0 saturated heterocycles. The fourth-order valence-electron chi connectivity index (χ4n) is 0.959. The largest absolute Gasteiger partial charge is 0.478 e. The molecule has 1 amide bonds. The predicted molar refractivity (Wildman–Crippen MR) is 55.9 cm³/mol. The summed E-state index contributed by atoms with van der Waals surface area (Å²) in [6.45, 7) is 4.51. The van der Waals surface area contributed by atoms with Crippen molar-refractivity contribution in [2.24, 2.45) is 0 Å². The minimum atomic E-state index is -1.12. The molecule has 0 saturated carbocycles. The van der Waals surface area contributed by atoms with E-state index in [1.165, 1.54) is 13.8 Å². The van der Waals surface area contributed by atoms with Crippen LogP contribution in [0.25, 0.3) is 0 Å². The van der Waals surface area contributed by atoms with Crippen LogP contribution in [0, 0.1) is 6.92 Å². The van der Waals surface area contributed by atoms with Crippen molar-refractivity contribution in [1.29, 1.82) is 0 Å². The number of hydrogen-bond acceptors (Lipinski definition) is 4. The number of aryl methyl sites for hydroxylation is 1. The fourth-order valence-corrected chi connectivity index (χ4v) is 0.959. The number of carbonyl (C=O) groups is 2. The summed E-state index contributed by atoms with van der Waals surface area (Å²) in [6.07, 6.45) is 0. The Bertz CT molecular complexity index is 459. The summed E-state index contributed by atoms with van der Waals surface area (Å²) in [5.41, 5.74) is 0.752. The summed E-state index contributed by atoms with van der Waals surface area (Å²) in [4.78, 5) is 22.2. The van der Waals surface area contributed by atoms with E-state index in [-0.39, 0.29) is 17.0 Å². The molecule has 0 aliphatic rings. The van der Waals surface area contributed by atoms with Crippen molar-refractivity contribution in [3.8, 4) is 0 Å². The second-order valence-electron chi connectivity index (χ2n) is 3.34. The summed E-state index contributed by atoms with van der Waals surface area (Å²) in [7, 11) is 0. The second-order valence-corrected chi connectivity index (χ2v) is 3.34. The minimum absolute atomic E-state index is 0.00580. The van der Waals surface area contributed by atoms with E-state index in [0.29, 0.717) is 5.69 Å². The molecule has 6 heteroatoms. The zero-order chi connectivity index (χ0) is 12.3. The second kappa shape index (κ2) is 4.61. The highest BCUT2D eigenvalue weighted by Gasteiger charge is 2.14. The first-order valence-corrected chi connectivity index (χ1v) is 4.57. The van der Waals surface area contributed by atoms with Crippen LogP contribution >= 0.6 is 0 Å². The molecule has 0 fully saturated rings. The third-order valence-electron chi connectivity index (χ3n) is 2.09. The zero-order valence-corrected chi connectivity index (χ0v) is 9.20. The molecular weight excluding hydrogens is 212 g/mol. The summed E-state index contributed by atoms with van der Waals surface area (Å²) in [6, 6.07) is 1.54. The number of nitrogens with one attached hydrogen (secondary N) is 1. The van der Waals surface area contributed by atoms with Crippen molar-refractivity contribution in [2.75, 3.05) is 5.32 Å². The van der Waals surface area contributed by atoms with Crippen LogP contribution in [0.3, 0.4) is 0 Å². The van der Waals surface area contributed by atoms with Crippen molar-refractivity contribution >= 4 is 17.8 Å². The Balaban J connectivity index is 2.81. The molecule has 0 aliphatic carbocycles. The summed E-state index contributed by atoms with van der Waals surface area (Å²) in [5, 5.41) is 14.7. The number of rotatable bonds is 3. The van der Waals surface area contributed by atoms with Gasteiger partial charge in [0.15, 0.2) is 0 Å². The topological polar surface area (TPSA) is 92.4 Å². The van der Waals surface area contributed by atoms with Gasteiger partial charge in [0, 0.05) is 17.2 Å². The molecule has 6 nitrogen and oxygen atoms in total. The normalized spacial score (nSPS) is 11.9. The molecule has 0 bridgehead atoms. The number of carboxylic acid groups (broad SMARTS) is 1. The molecule has 2 N–H and O–H groups in total. The van der Waals surface area contributed by atoms with E-state index in [2.05, 4.69) is 10.5 Å². The highest BCUT2D eigenvalue weighted by atomic mass is 16.5. The molecule has 16 heavy (non-hydrogen) atoms. The molecule has 0 aliphatic heterocycles. The molecular formula is C10H12N2O4. The van der Waals surface area contributed by atoms with Crippen LogP contribution in [0.15, 0.2) is 21.7 Å². The number of anilines is 1. The molecule has 1 rings (SSSR count). The van der Waals surface area contributed by atoms with Crippen molar-refractivity contribution in [3.63, 3.8) is 0 Å². The lowest BCUT2D eigenvalue weighted by Crippen LogP contribution is -2.15. The van der Waals surface area contributed by atoms with E-state index in [0.717, 1.165) is 0 Å². The fraction of sp³-hybridized carbons (Fsp3) is 0.300. The summed E-state index contributed by atoms with van der Waals surface area (Å²) >= 11 is 0. The van der Waals surface area contributed by atoms with Crippen LogP contribution in [0.1, 0.15) is 19.5 Å². The molecule has 86 valence electrons. The van der Waals surface area contributed by atoms with Crippen LogP contribution < -0.4 is 5.32 Å². The van der Waals surface area contributed by atoms with Gasteiger partial charge in [0.05, 0.1) is 5.69 Å². The third kappa shape index (κ3) is 2.69. The molecule has 0 aromatic carbocycles. The molecule has 1 heterocycles. The van der Waals surface area contributed by atoms with Gasteiger partial charge in [-0.15, -0.1) is 0 Å². The average molecular weight is 224 g/mol. The quantitative estimate of drug-likeness (QED) is 0.756. The van der Waals surface area contributed by atoms with E-state index in [1.54, 1.807) is 13.0 Å². The SMILES string of the molecule is CC(C(=O)O)=C(C)C(=O)Nc1cc(C)no1. The molecule has 0 radical (unpaired) electrons. The van der Waals surface area contributed by atoms with E-state index in [9.17, 15) is 9.59 Å². The van der Waals surface area contributed by atoms with E-state index in [4.69, 9.17) is 9.63 Å². The molecule has 1 aromatic heterocycles. The van der Waals surface area contributed by atoms with Gasteiger partial charge in [0.1, 0.15) is 0 Å². The number of aromatic nitrogens is 1. The van der Waals surface area contributed by atoms with Crippen molar-refractivity contribution in [3.05, 3.63) is 22.9 Å². The van der Waals surface area contributed by atoms with E-state index >= 15 is 0 Å². The average Bonchev–Trinajstić information content (AvgIpc) is 2.61. The van der Waals surface area contributed by atoms with Crippen molar-refractivity contribution in [2.45, 2.75) is 20.8 Å². The first kappa shape index (κ1) is 12.0. The first-order valence-electron chi connectivity index (χ1n) is 4.57. The van der Waals surface area contributed by atoms with Crippen LogP contribution in [-0.4, -0.2) is 22.1 Å².